The van der Waals surface area contributed by atoms with E-state index in [0.29, 0.717) is 29.3 Å². The van der Waals surface area contributed by atoms with Crippen LogP contribution in [0.4, 0.5) is 13.2 Å². The Bertz CT molecular complexity index is 1570. The molecule has 0 amide bonds. The fourth-order valence-electron chi connectivity index (χ4n) is 5.54. The number of aromatic nitrogens is 2. The van der Waals surface area contributed by atoms with Crippen LogP contribution in [0.3, 0.4) is 0 Å². The Kier molecular flexibility index (Phi) is 6.40. The molecule has 0 aliphatic heterocycles. The minimum atomic E-state index is -4.50. The molecule has 0 saturated heterocycles. The molecule has 0 N–H and O–H groups in total. The molecule has 0 atom stereocenters. The molecule has 1 fully saturated rings. The van der Waals surface area contributed by atoms with Gasteiger partial charge in [0.05, 0.1) is 17.8 Å². The topological polar surface area (TPSA) is 27.1 Å². The molecule has 38 heavy (non-hydrogen) atoms. The molecule has 0 radical (unpaired) electrons. The average Bonchev–Trinajstić information content (AvgIpc) is 3.57. The molecule has 6 rings (SSSR count). The summed E-state index contributed by atoms with van der Waals surface area (Å²) in [5, 5.41) is 4.94. The number of halogens is 3. The molecule has 3 nitrogen and oxygen atoms in total. The van der Waals surface area contributed by atoms with Crippen molar-refractivity contribution in [1.29, 1.82) is 0 Å². The first-order chi connectivity index (χ1) is 18.5. The van der Waals surface area contributed by atoms with Crippen LogP contribution in [0.25, 0.3) is 22.2 Å². The summed E-state index contributed by atoms with van der Waals surface area (Å²) >= 11 is 0. The summed E-state index contributed by atoms with van der Waals surface area (Å²) in [6.07, 6.45) is 0.274. The smallest absolute Gasteiger partial charge is 0.418 e. The van der Waals surface area contributed by atoms with Crippen molar-refractivity contribution in [3.63, 3.8) is 0 Å². The van der Waals surface area contributed by atoms with E-state index in [-0.39, 0.29) is 5.52 Å². The largest absolute Gasteiger partial charge is 0.457 e. The summed E-state index contributed by atoms with van der Waals surface area (Å²) in [6.45, 7) is 0.345. The van der Waals surface area contributed by atoms with E-state index in [1.54, 1.807) is 10.7 Å². The number of alkyl halides is 3. The van der Waals surface area contributed by atoms with Crippen LogP contribution in [0.15, 0.2) is 97.1 Å². The van der Waals surface area contributed by atoms with Crippen LogP contribution in [0.1, 0.15) is 48.3 Å². The third-order valence-corrected chi connectivity index (χ3v) is 7.30. The minimum Gasteiger partial charge on any atom is -0.457 e. The van der Waals surface area contributed by atoms with Gasteiger partial charge in [-0.1, -0.05) is 85.6 Å². The van der Waals surface area contributed by atoms with Crippen molar-refractivity contribution >= 4 is 10.9 Å². The zero-order chi connectivity index (χ0) is 26.1. The first kappa shape index (κ1) is 24.3. The normalized spacial score (nSPS) is 14.3. The van der Waals surface area contributed by atoms with Crippen LogP contribution < -0.4 is 4.74 Å². The number of nitrogens with zero attached hydrogens (tertiary/aromatic N) is 2. The van der Waals surface area contributed by atoms with E-state index >= 15 is 0 Å². The van der Waals surface area contributed by atoms with Gasteiger partial charge < -0.3 is 4.74 Å². The first-order valence-corrected chi connectivity index (χ1v) is 13.0. The summed E-state index contributed by atoms with van der Waals surface area (Å²) < 4.78 is 49.7. The Morgan fingerprint density at radius 2 is 1.55 bits per heavy atom. The van der Waals surface area contributed by atoms with E-state index in [1.165, 1.54) is 24.5 Å². The fourth-order valence-corrected chi connectivity index (χ4v) is 5.54. The molecule has 0 spiro atoms. The van der Waals surface area contributed by atoms with Crippen molar-refractivity contribution in [3.05, 3.63) is 114 Å². The molecule has 5 aromatic rings. The number of hydrogen-bond acceptors (Lipinski definition) is 2. The lowest BCUT2D eigenvalue weighted by molar-refractivity contribution is -0.136. The van der Waals surface area contributed by atoms with E-state index < -0.39 is 11.7 Å². The van der Waals surface area contributed by atoms with Gasteiger partial charge in [0.25, 0.3) is 0 Å². The quantitative estimate of drug-likeness (QED) is 0.227. The molecule has 0 unspecified atom stereocenters. The van der Waals surface area contributed by atoms with Crippen LogP contribution in [0.2, 0.25) is 0 Å². The van der Waals surface area contributed by atoms with Gasteiger partial charge in [-0.3, -0.25) is 4.68 Å². The van der Waals surface area contributed by atoms with Crippen molar-refractivity contribution < 1.29 is 17.9 Å². The molecule has 1 aromatic heterocycles. The number of benzene rings is 4. The molecule has 1 heterocycles. The predicted molar refractivity (Wildman–Crippen MR) is 143 cm³/mol. The molecule has 6 heteroatoms. The Balaban J connectivity index is 1.44. The van der Waals surface area contributed by atoms with E-state index in [0.717, 1.165) is 35.8 Å². The average molecular weight is 513 g/mol. The molecular weight excluding hydrogens is 485 g/mol. The highest BCUT2D eigenvalue weighted by Crippen LogP contribution is 2.42. The van der Waals surface area contributed by atoms with Crippen LogP contribution in [-0.2, 0) is 12.7 Å². The number of rotatable bonds is 6. The number of para-hydroxylation sites is 1. The molecular formula is C32H27F3N2O. The van der Waals surface area contributed by atoms with Gasteiger partial charge >= 0.3 is 6.18 Å². The Morgan fingerprint density at radius 3 is 2.34 bits per heavy atom. The van der Waals surface area contributed by atoms with Crippen molar-refractivity contribution in [3.8, 4) is 22.8 Å². The standard InChI is InChI=1S/C32H27F3N2O/c33-32(34,35)28-18-9-17-27-30(28)36-37(21-22-10-2-1-3-11-22)31(27)24-14-8-15-25(20-24)38-29-19-7-6-16-26(29)23-12-4-5-13-23/h1-3,6-11,14-20,23H,4-5,12-13,21H2. The zero-order valence-corrected chi connectivity index (χ0v) is 20.8. The maximum Gasteiger partial charge on any atom is 0.418 e. The second-order valence-electron chi connectivity index (χ2n) is 9.84. The predicted octanol–water partition coefficient (Wildman–Crippen LogP) is 9.22. The van der Waals surface area contributed by atoms with Gasteiger partial charge in [0.15, 0.2) is 0 Å². The lowest BCUT2D eigenvalue weighted by Gasteiger charge is -2.16. The molecule has 4 aromatic carbocycles. The van der Waals surface area contributed by atoms with Crippen molar-refractivity contribution in [1.82, 2.24) is 9.78 Å². The number of hydrogen-bond donors (Lipinski definition) is 0. The van der Waals surface area contributed by atoms with E-state index in [2.05, 4.69) is 11.2 Å². The molecule has 1 saturated carbocycles. The summed E-state index contributed by atoms with van der Waals surface area (Å²) in [5.41, 5.74) is 2.76. The summed E-state index contributed by atoms with van der Waals surface area (Å²) in [4.78, 5) is 0. The van der Waals surface area contributed by atoms with Crippen LogP contribution >= 0.6 is 0 Å². The van der Waals surface area contributed by atoms with E-state index in [4.69, 9.17) is 4.74 Å². The third kappa shape index (κ3) is 4.78. The Labute approximate surface area is 219 Å². The summed E-state index contributed by atoms with van der Waals surface area (Å²) in [6, 6.07) is 29.6. The Hall–Kier alpha value is -4.06. The van der Waals surface area contributed by atoms with Crippen molar-refractivity contribution in [2.45, 2.75) is 44.3 Å². The van der Waals surface area contributed by atoms with Gasteiger partial charge in [0.1, 0.15) is 17.0 Å². The van der Waals surface area contributed by atoms with Gasteiger partial charge in [-0.2, -0.15) is 18.3 Å². The first-order valence-electron chi connectivity index (χ1n) is 13.0. The van der Waals surface area contributed by atoms with Crippen LogP contribution in [-0.4, -0.2) is 9.78 Å². The van der Waals surface area contributed by atoms with E-state index in [9.17, 15) is 13.2 Å². The second kappa shape index (κ2) is 10.0. The maximum absolute atomic E-state index is 13.9. The number of ether oxygens (including phenoxy) is 1. The van der Waals surface area contributed by atoms with Gasteiger partial charge in [-0.05, 0) is 54.2 Å². The molecule has 1 aliphatic rings. The van der Waals surface area contributed by atoms with Crippen LogP contribution in [0, 0.1) is 0 Å². The maximum atomic E-state index is 13.9. The SMILES string of the molecule is FC(F)(F)c1cccc2c(-c3cccc(Oc4ccccc4C4CCCC4)c3)n(Cc3ccccc3)nc12. The highest BCUT2D eigenvalue weighted by atomic mass is 19.4. The van der Waals surface area contributed by atoms with Crippen molar-refractivity contribution in [2.75, 3.05) is 0 Å². The number of fused-ring (bicyclic) bond motifs is 1. The molecule has 0 bridgehead atoms. The summed E-state index contributed by atoms with van der Waals surface area (Å²) in [5.74, 6) is 1.96. The molecule has 192 valence electrons. The van der Waals surface area contributed by atoms with E-state index in [1.807, 2.05) is 72.8 Å². The van der Waals surface area contributed by atoms with Crippen molar-refractivity contribution in [2.24, 2.45) is 0 Å². The Morgan fingerprint density at radius 1 is 0.816 bits per heavy atom. The molecule has 1 aliphatic carbocycles. The van der Waals surface area contributed by atoms with Gasteiger partial charge in [-0.25, -0.2) is 0 Å². The third-order valence-electron chi connectivity index (χ3n) is 7.30. The van der Waals surface area contributed by atoms with Crippen LogP contribution in [0.5, 0.6) is 11.5 Å². The monoisotopic (exact) mass is 512 g/mol. The lowest BCUT2D eigenvalue weighted by Crippen LogP contribution is -2.06. The minimum absolute atomic E-state index is 0.0520. The summed E-state index contributed by atoms with van der Waals surface area (Å²) in [7, 11) is 0. The highest BCUT2D eigenvalue weighted by molar-refractivity contribution is 5.95. The highest BCUT2D eigenvalue weighted by Gasteiger charge is 2.34. The fraction of sp³-hybridized carbons (Fsp3) is 0.219. The zero-order valence-electron chi connectivity index (χ0n) is 20.8. The van der Waals surface area contributed by atoms with Gasteiger partial charge in [-0.15, -0.1) is 0 Å². The second-order valence-corrected chi connectivity index (χ2v) is 9.84. The van der Waals surface area contributed by atoms with Gasteiger partial charge in [0.2, 0.25) is 0 Å². The lowest BCUT2D eigenvalue weighted by atomic mass is 9.97. The van der Waals surface area contributed by atoms with Gasteiger partial charge in [0, 0.05) is 10.9 Å².